The number of hydrogen-bond donors (Lipinski definition) is 1. The maximum absolute atomic E-state index is 12.5. The summed E-state index contributed by atoms with van der Waals surface area (Å²) >= 11 is 7.34. The van der Waals surface area contributed by atoms with Crippen molar-refractivity contribution >= 4 is 28.8 Å². The molecule has 4 nitrogen and oxygen atoms in total. The molecule has 1 aromatic carbocycles. The summed E-state index contributed by atoms with van der Waals surface area (Å²) in [7, 11) is 1.81. The number of thiazole rings is 1. The number of carbonyl (C=O) groups is 1. The van der Waals surface area contributed by atoms with Crippen LogP contribution in [0.15, 0.2) is 29.6 Å². The fourth-order valence-electron chi connectivity index (χ4n) is 2.25. The Morgan fingerprint density at radius 3 is 2.55 bits per heavy atom. The number of amides is 1. The molecule has 0 radical (unpaired) electrons. The molecule has 1 heterocycles. The van der Waals surface area contributed by atoms with Crippen molar-refractivity contribution in [3.63, 3.8) is 0 Å². The molecule has 0 bridgehead atoms. The Balaban J connectivity index is 2.11. The van der Waals surface area contributed by atoms with Gasteiger partial charge in [-0.1, -0.05) is 30.7 Å². The summed E-state index contributed by atoms with van der Waals surface area (Å²) in [5.74, 6) is 0.114. The molecule has 0 saturated carbocycles. The number of nitrogens with zero attached hydrogens (tertiary/aromatic N) is 2. The second-order valence-electron chi connectivity index (χ2n) is 5.33. The Hall–Kier alpha value is -1.43. The van der Waals surface area contributed by atoms with Crippen molar-refractivity contribution in [1.29, 1.82) is 0 Å². The van der Waals surface area contributed by atoms with E-state index in [1.165, 1.54) is 11.3 Å². The highest BCUT2D eigenvalue weighted by atomic mass is 35.5. The monoisotopic (exact) mass is 337 g/mol. The van der Waals surface area contributed by atoms with Crippen LogP contribution >= 0.6 is 22.9 Å². The molecule has 2 atom stereocenters. The maximum Gasteiger partial charge on any atom is 0.273 e. The number of halogens is 1. The van der Waals surface area contributed by atoms with E-state index in [-0.39, 0.29) is 17.9 Å². The van der Waals surface area contributed by atoms with Crippen LogP contribution in [-0.2, 0) is 6.54 Å². The molecule has 0 unspecified atom stereocenters. The van der Waals surface area contributed by atoms with Gasteiger partial charge in [0.1, 0.15) is 10.7 Å². The zero-order valence-corrected chi connectivity index (χ0v) is 14.5. The number of nitrogens with two attached hydrogens (primary N) is 1. The first-order chi connectivity index (χ1) is 10.4. The molecule has 0 aliphatic heterocycles. The number of rotatable bonds is 5. The lowest BCUT2D eigenvalue weighted by atomic mass is 9.93. The third-order valence-corrected chi connectivity index (χ3v) is 5.12. The van der Waals surface area contributed by atoms with Crippen LogP contribution in [0.25, 0.3) is 0 Å². The van der Waals surface area contributed by atoms with E-state index in [2.05, 4.69) is 11.9 Å². The van der Waals surface area contributed by atoms with Crippen LogP contribution in [0.3, 0.4) is 0 Å². The molecule has 1 amide bonds. The lowest BCUT2D eigenvalue weighted by Crippen LogP contribution is -2.38. The van der Waals surface area contributed by atoms with E-state index >= 15 is 0 Å². The van der Waals surface area contributed by atoms with Gasteiger partial charge in [0.2, 0.25) is 0 Å². The summed E-state index contributed by atoms with van der Waals surface area (Å²) in [6.07, 6.45) is 0. The van der Waals surface area contributed by atoms with E-state index in [0.29, 0.717) is 17.3 Å². The fraction of sp³-hybridized carbons (Fsp3) is 0.375. The summed E-state index contributed by atoms with van der Waals surface area (Å²) in [5, 5.41) is 3.25. The van der Waals surface area contributed by atoms with Crippen molar-refractivity contribution < 1.29 is 4.79 Å². The Labute approximate surface area is 139 Å². The average molecular weight is 338 g/mol. The van der Waals surface area contributed by atoms with Gasteiger partial charge in [-0.25, -0.2) is 4.98 Å². The minimum Gasteiger partial charge on any atom is -0.337 e. The molecule has 2 rings (SSSR count). The van der Waals surface area contributed by atoms with Gasteiger partial charge in [-0.3, -0.25) is 4.79 Å². The Kier molecular flexibility index (Phi) is 5.56. The van der Waals surface area contributed by atoms with E-state index in [0.717, 1.165) is 10.6 Å². The van der Waals surface area contributed by atoms with Gasteiger partial charge in [0.25, 0.3) is 5.91 Å². The molecule has 2 N–H and O–H groups in total. The van der Waals surface area contributed by atoms with Gasteiger partial charge in [0, 0.05) is 36.0 Å². The van der Waals surface area contributed by atoms with Crippen molar-refractivity contribution in [3.05, 3.63) is 50.9 Å². The van der Waals surface area contributed by atoms with E-state index in [9.17, 15) is 4.79 Å². The van der Waals surface area contributed by atoms with Crippen molar-refractivity contribution in [2.24, 2.45) is 5.73 Å². The Morgan fingerprint density at radius 1 is 1.36 bits per heavy atom. The summed E-state index contributed by atoms with van der Waals surface area (Å²) in [4.78, 5) is 18.5. The SMILES string of the molecule is C[C@H](c1ccc(Cl)cc1)[C@H](C)N(C)C(=O)c1csc(CN)n1. The van der Waals surface area contributed by atoms with Gasteiger partial charge in [-0.2, -0.15) is 0 Å². The number of aromatic nitrogens is 1. The summed E-state index contributed by atoms with van der Waals surface area (Å²) in [6.45, 7) is 4.50. The van der Waals surface area contributed by atoms with E-state index in [4.69, 9.17) is 17.3 Å². The number of carbonyl (C=O) groups excluding carboxylic acids is 1. The number of likely N-dealkylation sites (N-methyl/N-ethyl adjacent to an activating group) is 1. The van der Waals surface area contributed by atoms with Crippen LogP contribution in [0.4, 0.5) is 0 Å². The molecule has 2 aromatic rings. The second-order valence-corrected chi connectivity index (χ2v) is 6.71. The molecule has 0 aliphatic carbocycles. The highest BCUT2D eigenvalue weighted by Gasteiger charge is 2.24. The van der Waals surface area contributed by atoms with Crippen LogP contribution in [0.1, 0.15) is 40.8 Å². The van der Waals surface area contributed by atoms with Gasteiger partial charge in [-0.15, -0.1) is 11.3 Å². The first kappa shape index (κ1) is 16.9. The third-order valence-electron chi connectivity index (χ3n) is 4.00. The van der Waals surface area contributed by atoms with Crippen molar-refractivity contribution in [1.82, 2.24) is 9.88 Å². The first-order valence-electron chi connectivity index (χ1n) is 7.11. The minimum atomic E-state index is -0.0794. The van der Waals surface area contributed by atoms with Gasteiger partial charge in [0.05, 0.1) is 0 Å². The zero-order chi connectivity index (χ0) is 16.3. The Bertz CT molecular complexity index is 641. The molecule has 6 heteroatoms. The predicted octanol–water partition coefficient (Wildman–Crippen LogP) is 3.52. The van der Waals surface area contributed by atoms with E-state index in [1.807, 2.05) is 31.2 Å². The van der Waals surface area contributed by atoms with Crippen LogP contribution in [-0.4, -0.2) is 28.9 Å². The largest absolute Gasteiger partial charge is 0.337 e. The zero-order valence-electron chi connectivity index (χ0n) is 12.9. The highest BCUT2D eigenvalue weighted by molar-refractivity contribution is 7.09. The molecule has 0 spiro atoms. The minimum absolute atomic E-state index is 0.0386. The third kappa shape index (κ3) is 3.66. The van der Waals surface area contributed by atoms with Crippen molar-refractivity contribution in [2.45, 2.75) is 32.4 Å². The lowest BCUT2D eigenvalue weighted by Gasteiger charge is -2.29. The van der Waals surface area contributed by atoms with Crippen LogP contribution in [0.5, 0.6) is 0 Å². The van der Waals surface area contributed by atoms with E-state index in [1.54, 1.807) is 17.3 Å². The normalized spacial score (nSPS) is 13.7. The average Bonchev–Trinajstić information content (AvgIpc) is 3.01. The molecule has 1 aromatic heterocycles. The van der Waals surface area contributed by atoms with Crippen LogP contribution in [0.2, 0.25) is 5.02 Å². The maximum atomic E-state index is 12.5. The second kappa shape index (κ2) is 7.22. The van der Waals surface area contributed by atoms with Gasteiger partial charge in [-0.05, 0) is 24.6 Å². The molecule has 0 saturated heterocycles. The predicted molar refractivity (Wildman–Crippen MR) is 91.4 cm³/mol. The quantitative estimate of drug-likeness (QED) is 0.908. The first-order valence-corrected chi connectivity index (χ1v) is 8.37. The smallest absolute Gasteiger partial charge is 0.273 e. The topological polar surface area (TPSA) is 59.2 Å². The fourth-order valence-corrected chi connectivity index (χ4v) is 3.02. The van der Waals surface area contributed by atoms with Crippen molar-refractivity contribution in [2.75, 3.05) is 7.05 Å². The summed E-state index contributed by atoms with van der Waals surface area (Å²) < 4.78 is 0. The standard InChI is InChI=1S/C16H20ClN3OS/c1-10(12-4-6-13(17)7-5-12)11(2)20(3)16(21)14-9-22-15(8-18)19-14/h4-7,9-11H,8,18H2,1-3H3/t10-,11-/m0/s1. The molecule has 118 valence electrons. The van der Waals surface area contributed by atoms with Crippen molar-refractivity contribution in [3.8, 4) is 0 Å². The van der Waals surface area contributed by atoms with Gasteiger partial charge in [0.15, 0.2) is 0 Å². The molecule has 22 heavy (non-hydrogen) atoms. The molecular formula is C16H20ClN3OS. The Morgan fingerprint density at radius 2 is 2.00 bits per heavy atom. The number of hydrogen-bond acceptors (Lipinski definition) is 4. The summed E-state index contributed by atoms with van der Waals surface area (Å²) in [5.41, 5.74) is 7.16. The molecule has 0 aliphatic rings. The van der Waals surface area contributed by atoms with Crippen LogP contribution in [0, 0.1) is 0 Å². The number of benzene rings is 1. The van der Waals surface area contributed by atoms with Gasteiger partial charge < -0.3 is 10.6 Å². The van der Waals surface area contributed by atoms with E-state index < -0.39 is 0 Å². The highest BCUT2D eigenvalue weighted by Crippen LogP contribution is 2.25. The lowest BCUT2D eigenvalue weighted by molar-refractivity contribution is 0.0721. The van der Waals surface area contributed by atoms with Crippen LogP contribution < -0.4 is 5.73 Å². The molecule has 0 fully saturated rings. The van der Waals surface area contributed by atoms with Gasteiger partial charge >= 0.3 is 0 Å². The molecular weight excluding hydrogens is 318 g/mol. The summed E-state index contributed by atoms with van der Waals surface area (Å²) in [6, 6.07) is 7.77.